The van der Waals surface area contributed by atoms with E-state index in [-0.39, 0.29) is 18.5 Å². The maximum atomic E-state index is 13.0. The Morgan fingerprint density at radius 3 is 2.20 bits per heavy atom. The number of ether oxygens (including phenoxy) is 4. The molecule has 0 aromatic heterocycles. The van der Waals surface area contributed by atoms with E-state index in [4.69, 9.17) is 18.9 Å². The minimum atomic E-state index is -0.0633. The van der Waals surface area contributed by atoms with E-state index in [0.717, 1.165) is 35.4 Å². The normalized spacial score (nSPS) is 15.1. The van der Waals surface area contributed by atoms with E-state index in [1.165, 1.54) is 5.56 Å². The van der Waals surface area contributed by atoms with Crippen molar-refractivity contribution >= 4 is 5.91 Å². The number of hydrogen-bond acceptors (Lipinski definition) is 6. The molecule has 3 aromatic rings. The Morgan fingerprint density at radius 1 is 0.857 bits per heavy atom. The van der Waals surface area contributed by atoms with Gasteiger partial charge in [0.05, 0.1) is 41.0 Å². The van der Waals surface area contributed by atoms with Gasteiger partial charge in [0.25, 0.3) is 0 Å². The van der Waals surface area contributed by atoms with Gasteiger partial charge in [0.15, 0.2) is 23.0 Å². The van der Waals surface area contributed by atoms with Gasteiger partial charge in [-0.3, -0.25) is 9.69 Å². The number of nitrogens with zero attached hydrogens (tertiary/aromatic N) is 1. The third-order valence-electron chi connectivity index (χ3n) is 6.37. The first-order valence-electron chi connectivity index (χ1n) is 11.6. The second kappa shape index (κ2) is 11.1. The molecule has 1 N–H and O–H groups in total. The van der Waals surface area contributed by atoms with Gasteiger partial charge >= 0.3 is 0 Å². The summed E-state index contributed by atoms with van der Waals surface area (Å²) >= 11 is 0. The van der Waals surface area contributed by atoms with E-state index >= 15 is 0 Å². The summed E-state index contributed by atoms with van der Waals surface area (Å²) in [7, 11) is 6.49. The molecule has 1 aliphatic heterocycles. The maximum Gasteiger partial charge on any atom is 0.234 e. The molecule has 0 spiro atoms. The summed E-state index contributed by atoms with van der Waals surface area (Å²) in [6.07, 6.45) is 0.821. The van der Waals surface area contributed by atoms with Gasteiger partial charge in [-0.15, -0.1) is 0 Å². The van der Waals surface area contributed by atoms with Crippen LogP contribution >= 0.6 is 0 Å². The summed E-state index contributed by atoms with van der Waals surface area (Å²) in [5.41, 5.74) is 4.41. The first-order chi connectivity index (χ1) is 17.1. The zero-order valence-electron chi connectivity index (χ0n) is 20.7. The lowest BCUT2D eigenvalue weighted by molar-refractivity contribution is -0.122. The highest BCUT2D eigenvalue weighted by Crippen LogP contribution is 2.40. The lowest BCUT2D eigenvalue weighted by Crippen LogP contribution is -2.43. The van der Waals surface area contributed by atoms with E-state index in [2.05, 4.69) is 28.4 Å². The van der Waals surface area contributed by atoms with Crippen LogP contribution in [0.5, 0.6) is 23.0 Å². The largest absolute Gasteiger partial charge is 0.493 e. The number of fused-ring (bicyclic) bond motifs is 1. The third kappa shape index (κ3) is 5.35. The highest BCUT2D eigenvalue weighted by molar-refractivity contribution is 5.78. The molecule has 1 heterocycles. The number of rotatable bonds is 9. The Bertz CT molecular complexity index is 1170. The van der Waals surface area contributed by atoms with E-state index in [0.29, 0.717) is 23.8 Å². The topological polar surface area (TPSA) is 69.3 Å². The smallest absolute Gasteiger partial charge is 0.234 e. The van der Waals surface area contributed by atoms with Crippen molar-refractivity contribution in [3.05, 3.63) is 82.9 Å². The van der Waals surface area contributed by atoms with Crippen molar-refractivity contribution in [3.8, 4) is 23.0 Å². The van der Waals surface area contributed by atoms with Gasteiger partial charge < -0.3 is 24.3 Å². The Labute approximate surface area is 206 Å². The number of amides is 1. The standard InChI is InChI=1S/C28H32N2O5/c1-32-23-11-10-19(14-24(23)33-2)17-29-27(31)18-30-13-12-21-15-25(34-3)26(35-4)16-22(21)28(30)20-8-6-5-7-9-20/h5-11,14-16,28H,12-13,17-18H2,1-4H3,(H,29,31). The summed E-state index contributed by atoms with van der Waals surface area (Å²) in [5, 5.41) is 3.05. The molecule has 7 nitrogen and oxygen atoms in total. The summed E-state index contributed by atoms with van der Waals surface area (Å²) in [4.78, 5) is 15.2. The quantitative estimate of drug-likeness (QED) is 0.504. The lowest BCUT2D eigenvalue weighted by atomic mass is 9.87. The highest BCUT2D eigenvalue weighted by atomic mass is 16.5. The average Bonchev–Trinajstić information content (AvgIpc) is 2.91. The molecular weight excluding hydrogens is 444 g/mol. The van der Waals surface area contributed by atoms with E-state index in [1.807, 2.05) is 42.5 Å². The van der Waals surface area contributed by atoms with Crippen LogP contribution in [0, 0.1) is 0 Å². The van der Waals surface area contributed by atoms with E-state index < -0.39 is 0 Å². The van der Waals surface area contributed by atoms with Crippen molar-refractivity contribution in [3.63, 3.8) is 0 Å². The molecule has 1 amide bonds. The summed E-state index contributed by atoms with van der Waals surface area (Å²) in [6, 6.07) is 19.9. The summed E-state index contributed by atoms with van der Waals surface area (Å²) in [5.74, 6) is 2.67. The molecule has 7 heteroatoms. The third-order valence-corrected chi connectivity index (χ3v) is 6.37. The SMILES string of the molecule is COc1ccc(CNC(=O)CN2CCc3cc(OC)c(OC)cc3C2c2ccccc2)cc1OC. The predicted octanol–water partition coefficient (Wildman–Crippen LogP) is 3.98. The molecular formula is C28H32N2O5. The molecule has 1 aliphatic rings. The zero-order valence-corrected chi connectivity index (χ0v) is 20.7. The molecule has 0 saturated heterocycles. The zero-order chi connectivity index (χ0) is 24.8. The van der Waals surface area contributed by atoms with Crippen molar-refractivity contribution in [2.45, 2.75) is 19.0 Å². The molecule has 35 heavy (non-hydrogen) atoms. The van der Waals surface area contributed by atoms with E-state index in [1.54, 1.807) is 28.4 Å². The van der Waals surface area contributed by atoms with Gasteiger partial charge in [0.1, 0.15) is 0 Å². The minimum Gasteiger partial charge on any atom is -0.493 e. The fourth-order valence-corrected chi connectivity index (χ4v) is 4.63. The second-order valence-corrected chi connectivity index (χ2v) is 8.41. The van der Waals surface area contributed by atoms with Crippen LogP contribution in [0.1, 0.15) is 28.3 Å². The van der Waals surface area contributed by atoms with Crippen molar-refractivity contribution in [2.24, 2.45) is 0 Å². The number of carbonyl (C=O) groups is 1. The van der Waals surface area contributed by atoms with Crippen molar-refractivity contribution in [1.82, 2.24) is 10.2 Å². The first-order valence-corrected chi connectivity index (χ1v) is 11.6. The number of nitrogens with one attached hydrogen (secondary N) is 1. The van der Waals surface area contributed by atoms with Crippen LogP contribution in [0.4, 0.5) is 0 Å². The fourth-order valence-electron chi connectivity index (χ4n) is 4.63. The van der Waals surface area contributed by atoms with Gasteiger partial charge in [-0.1, -0.05) is 36.4 Å². The summed E-state index contributed by atoms with van der Waals surface area (Å²) in [6.45, 7) is 1.44. The molecule has 0 bridgehead atoms. The number of benzene rings is 3. The van der Waals surface area contributed by atoms with Crippen LogP contribution in [-0.2, 0) is 17.8 Å². The first kappa shape index (κ1) is 24.4. The number of hydrogen-bond donors (Lipinski definition) is 1. The van der Waals surface area contributed by atoms with Crippen LogP contribution in [0.25, 0.3) is 0 Å². The molecule has 184 valence electrons. The average molecular weight is 477 g/mol. The summed E-state index contributed by atoms with van der Waals surface area (Å²) < 4.78 is 21.8. The van der Waals surface area contributed by atoms with Crippen LogP contribution in [-0.4, -0.2) is 52.3 Å². The van der Waals surface area contributed by atoms with Crippen LogP contribution in [0.2, 0.25) is 0 Å². The molecule has 0 aliphatic carbocycles. The monoisotopic (exact) mass is 476 g/mol. The Hall–Kier alpha value is -3.71. The van der Waals surface area contributed by atoms with Crippen molar-refractivity contribution in [1.29, 1.82) is 0 Å². The van der Waals surface area contributed by atoms with Crippen LogP contribution in [0.15, 0.2) is 60.7 Å². The highest BCUT2D eigenvalue weighted by Gasteiger charge is 2.31. The molecule has 0 fully saturated rings. The van der Waals surface area contributed by atoms with Crippen LogP contribution in [0.3, 0.4) is 0 Å². The molecule has 1 unspecified atom stereocenters. The van der Waals surface area contributed by atoms with Gasteiger partial charge in [0, 0.05) is 13.1 Å². The van der Waals surface area contributed by atoms with Crippen molar-refractivity contribution in [2.75, 3.05) is 41.5 Å². The predicted molar refractivity (Wildman–Crippen MR) is 135 cm³/mol. The fraction of sp³-hybridized carbons (Fsp3) is 0.321. The van der Waals surface area contributed by atoms with Gasteiger partial charge in [0.2, 0.25) is 5.91 Å². The van der Waals surface area contributed by atoms with Crippen molar-refractivity contribution < 1.29 is 23.7 Å². The Morgan fingerprint density at radius 2 is 1.51 bits per heavy atom. The number of carbonyl (C=O) groups excluding carboxylic acids is 1. The number of methoxy groups -OCH3 is 4. The molecule has 0 radical (unpaired) electrons. The molecule has 0 saturated carbocycles. The lowest BCUT2D eigenvalue weighted by Gasteiger charge is -2.37. The van der Waals surface area contributed by atoms with Gasteiger partial charge in [-0.25, -0.2) is 0 Å². The van der Waals surface area contributed by atoms with E-state index in [9.17, 15) is 4.79 Å². The second-order valence-electron chi connectivity index (χ2n) is 8.41. The molecule has 4 rings (SSSR count). The Kier molecular flexibility index (Phi) is 7.77. The molecule has 1 atom stereocenters. The maximum absolute atomic E-state index is 13.0. The van der Waals surface area contributed by atoms with Gasteiger partial charge in [-0.05, 0) is 52.9 Å². The molecule has 3 aromatic carbocycles. The van der Waals surface area contributed by atoms with Crippen LogP contribution < -0.4 is 24.3 Å². The van der Waals surface area contributed by atoms with Gasteiger partial charge in [-0.2, -0.15) is 0 Å². The Balaban J connectivity index is 1.54. The minimum absolute atomic E-state index is 0.0374.